The molecule has 1 aromatic rings. The van der Waals surface area contributed by atoms with Gasteiger partial charge in [0.25, 0.3) is 0 Å². The summed E-state index contributed by atoms with van der Waals surface area (Å²) in [5.41, 5.74) is 0.122. The van der Waals surface area contributed by atoms with Gasteiger partial charge in [-0.05, 0) is 32.4 Å². The van der Waals surface area contributed by atoms with Crippen molar-refractivity contribution in [2.45, 2.75) is 26.4 Å². The van der Waals surface area contributed by atoms with Gasteiger partial charge < -0.3 is 10.0 Å². The minimum atomic E-state index is -0.869. The summed E-state index contributed by atoms with van der Waals surface area (Å²) in [6, 6.07) is 9.68. The molecule has 0 heterocycles. The van der Waals surface area contributed by atoms with Crippen molar-refractivity contribution < 1.29 is 9.90 Å². The van der Waals surface area contributed by atoms with Crippen molar-refractivity contribution in [3.63, 3.8) is 0 Å². The molecule has 0 saturated carbocycles. The number of rotatable bonds is 5. The monoisotopic (exact) mass is 247 g/mol. The second-order valence-corrected chi connectivity index (χ2v) is 4.91. The minimum Gasteiger partial charge on any atom is -0.389 e. The molecular weight excluding hydrogens is 226 g/mol. The van der Waals surface area contributed by atoms with Crippen LogP contribution < -0.4 is 0 Å². The van der Waals surface area contributed by atoms with Crippen LogP contribution in [-0.2, 0) is 4.79 Å². The van der Waals surface area contributed by atoms with E-state index in [0.717, 1.165) is 5.56 Å². The van der Waals surface area contributed by atoms with Crippen molar-refractivity contribution in [3.8, 4) is 0 Å². The molecule has 0 spiro atoms. The van der Waals surface area contributed by atoms with Crippen LogP contribution >= 0.6 is 0 Å². The van der Waals surface area contributed by atoms with Crippen LogP contribution in [0, 0.1) is 0 Å². The van der Waals surface area contributed by atoms with E-state index in [2.05, 4.69) is 0 Å². The average Bonchev–Trinajstić information content (AvgIpc) is 2.33. The molecule has 0 bridgehead atoms. The van der Waals surface area contributed by atoms with Gasteiger partial charge in [-0.15, -0.1) is 0 Å². The molecule has 1 rings (SSSR count). The number of likely N-dealkylation sites (N-methyl/N-ethyl adjacent to an activating group) is 1. The summed E-state index contributed by atoms with van der Waals surface area (Å²) >= 11 is 0. The Morgan fingerprint density at radius 2 is 1.94 bits per heavy atom. The van der Waals surface area contributed by atoms with Crippen LogP contribution in [-0.4, -0.2) is 34.6 Å². The number of aliphatic hydroxyl groups is 1. The molecule has 0 aliphatic carbocycles. The lowest BCUT2D eigenvalue weighted by molar-refractivity contribution is -0.128. The molecule has 0 aliphatic rings. The van der Waals surface area contributed by atoms with Gasteiger partial charge >= 0.3 is 0 Å². The highest BCUT2D eigenvalue weighted by Gasteiger charge is 2.19. The predicted molar refractivity (Wildman–Crippen MR) is 74.0 cm³/mol. The van der Waals surface area contributed by atoms with Crippen molar-refractivity contribution in [3.05, 3.63) is 42.0 Å². The number of carbonyl (C=O) groups excluding carboxylic acids is 1. The average molecular weight is 247 g/mol. The van der Waals surface area contributed by atoms with Crippen molar-refractivity contribution in [1.82, 2.24) is 4.90 Å². The number of amides is 1. The fourth-order valence-corrected chi connectivity index (χ4v) is 1.65. The highest BCUT2D eigenvalue weighted by atomic mass is 16.3. The zero-order valence-electron chi connectivity index (χ0n) is 11.3. The Labute approximate surface area is 109 Å². The smallest absolute Gasteiger partial charge is 0.246 e. The summed E-state index contributed by atoms with van der Waals surface area (Å²) in [6.45, 7) is 6.22. The Kier molecular flexibility index (Phi) is 5.10. The molecule has 1 aromatic carbocycles. The fraction of sp³-hybridized carbons (Fsp3) is 0.400. The molecule has 98 valence electrons. The van der Waals surface area contributed by atoms with Gasteiger partial charge in [0.05, 0.1) is 5.60 Å². The highest BCUT2D eigenvalue weighted by molar-refractivity contribution is 5.91. The maximum atomic E-state index is 12.0. The summed E-state index contributed by atoms with van der Waals surface area (Å²) < 4.78 is 0. The van der Waals surface area contributed by atoms with Gasteiger partial charge in [0, 0.05) is 19.2 Å². The van der Waals surface area contributed by atoms with Crippen molar-refractivity contribution in [2.24, 2.45) is 0 Å². The van der Waals surface area contributed by atoms with Gasteiger partial charge in [0.15, 0.2) is 0 Å². The maximum Gasteiger partial charge on any atom is 0.246 e. The van der Waals surface area contributed by atoms with E-state index in [4.69, 9.17) is 0 Å². The zero-order valence-corrected chi connectivity index (χ0v) is 11.3. The molecule has 0 aromatic heterocycles. The molecule has 18 heavy (non-hydrogen) atoms. The van der Waals surface area contributed by atoms with Crippen LogP contribution in [0.2, 0.25) is 0 Å². The molecular formula is C15H21NO2. The standard InChI is InChI=1S/C15H21NO2/c1-4-16(12-15(2,3)18)14(17)11-10-13-8-6-5-7-9-13/h5-11,18H,4,12H2,1-3H3. The number of carbonyl (C=O) groups is 1. The molecule has 1 N–H and O–H groups in total. The van der Waals surface area contributed by atoms with E-state index in [-0.39, 0.29) is 5.91 Å². The summed E-state index contributed by atoms with van der Waals surface area (Å²) in [7, 11) is 0. The first kappa shape index (κ1) is 14.5. The van der Waals surface area contributed by atoms with Crippen LogP contribution in [0.5, 0.6) is 0 Å². The zero-order chi connectivity index (χ0) is 13.6. The van der Waals surface area contributed by atoms with Gasteiger partial charge in [-0.2, -0.15) is 0 Å². The van der Waals surface area contributed by atoms with Gasteiger partial charge in [-0.1, -0.05) is 30.3 Å². The number of nitrogens with zero attached hydrogens (tertiary/aromatic N) is 1. The molecule has 0 atom stereocenters. The van der Waals surface area contributed by atoms with E-state index in [9.17, 15) is 9.90 Å². The third kappa shape index (κ3) is 5.15. The topological polar surface area (TPSA) is 40.5 Å². The van der Waals surface area contributed by atoms with Crippen LogP contribution in [0.15, 0.2) is 36.4 Å². The summed E-state index contributed by atoms with van der Waals surface area (Å²) in [4.78, 5) is 13.6. The lowest BCUT2D eigenvalue weighted by atomic mass is 10.1. The molecule has 3 nitrogen and oxygen atoms in total. The van der Waals surface area contributed by atoms with Crippen molar-refractivity contribution in [2.75, 3.05) is 13.1 Å². The second-order valence-electron chi connectivity index (χ2n) is 4.91. The lowest BCUT2D eigenvalue weighted by Gasteiger charge is -2.27. The first-order chi connectivity index (χ1) is 8.42. The Bertz CT molecular complexity index is 404. The Morgan fingerprint density at radius 1 is 1.33 bits per heavy atom. The molecule has 0 radical (unpaired) electrons. The van der Waals surface area contributed by atoms with E-state index in [0.29, 0.717) is 13.1 Å². The first-order valence-electron chi connectivity index (χ1n) is 6.17. The second kappa shape index (κ2) is 6.36. The molecule has 0 saturated heterocycles. The highest BCUT2D eigenvalue weighted by Crippen LogP contribution is 2.07. The molecule has 0 unspecified atom stereocenters. The lowest BCUT2D eigenvalue weighted by Crippen LogP contribution is -2.41. The van der Waals surface area contributed by atoms with E-state index in [1.54, 1.807) is 30.9 Å². The molecule has 0 fully saturated rings. The Hall–Kier alpha value is -1.61. The summed E-state index contributed by atoms with van der Waals surface area (Å²) in [5.74, 6) is -0.0801. The minimum absolute atomic E-state index is 0.0801. The van der Waals surface area contributed by atoms with E-state index < -0.39 is 5.60 Å². The summed E-state index contributed by atoms with van der Waals surface area (Å²) in [5, 5.41) is 9.74. The van der Waals surface area contributed by atoms with Crippen LogP contribution in [0.3, 0.4) is 0 Å². The molecule has 0 aliphatic heterocycles. The van der Waals surface area contributed by atoms with Crippen molar-refractivity contribution >= 4 is 12.0 Å². The third-order valence-electron chi connectivity index (χ3n) is 2.49. The van der Waals surface area contributed by atoms with Crippen LogP contribution in [0.1, 0.15) is 26.3 Å². The van der Waals surface area contributed by atoms with E-state index >= 15 is 0 Å². The molecule has 3 heteroatoms. The third-order valence-corrected chi connectivity index (χ3v) is 2.49. The van der Waals surface area contributed by atoms with E-state index in [1.165, 1.54) is 0 Å². The number of hydrogen-bond acceptors (Lipinski definition) is 2. The SMILES string of the molecule is CCN(CC(C)(C)O)C(=O)C=Cc1ccccc1. The number of benzene rings is 1. The predicted octanol–water partition coefficient (Wildman–Crippen LogP) is 2.32. The number of hydrogen-bond donors (Lipinski definition) is 1. The largest absolute Gasteiger partial charge is 0.389 e. The Morgan fingerprint density at radius 3 is 2.44 bits per heavy atom. The summed E-state index contributed by atoms with van der Waals surface area (Å²) in [6.07, 6.45) is 3.33. The van der Waals surface area contributed by atoms with Gasteiger partial charge in [-0.3, -0.25) is 4.79 Å². The van der Waals surface area contributed by atoms with Crippen molar-refractivity contribution in [1.29, 1.82) is 0 Å². The van der Waals surface area contributed by atoms with Crippen LogP contribution in [0.4, 0.5) is 0 Å². The maximum absolute atomic E-state index is 12.0. The van der Waals surface area contributed by atoms with Gasteiger partial charge in [0.1, 0.15) is 0 Å². The quantitative estimate of drug-likeness (QED) is 0.811. The van der Waals surface area contributed by atoms with Gasteiger partial charge in [0.2, 0.25) is 5.91 Å². The normalized spacial score (nSPS) is 11.8. The fourth-order valence-electron chi connectivity index (χ4n) is 1.65. The molecule has 1 amide bonds. The van der Waals surface area contributed by atoms with Crippen LogP contribution in [0.25, 0.3) is 6.08 Å². The Balaban J connectivity index is 2.66. The first-order valence-corrected chi connectivity index (χ1v) is 6.17. The van der Waals surface area contributed by atoms with E-state index in [1.807, 2.05) is 37.3 Å². The van der Waals surface area contributed by atoms with Gasteiger partial charge in [-0.25, -0.2) is 0 Å².